The van der Waals surface area contributed by atoms with Gasteiger partial charge in [-0.3, -0.25) is 9.48 Å². The number of ketones is 1. The normalized spacial score (nSPS) is 10.9. The minimum Gasteiger partial charge on any atom is -0.383 e. The van der Waals surface area contributed by atoms with E-state index in [4.69, 9.17) is 16.3 Å². The molecule has 0 aliphatic rings. The van der Waals surface area contributed by atoms with Gasteiger partial charge in [-0.05, 0) is 11.6 Å². The molecule has 0 spiro atoms. The van der Waals surface area contributed by atoms with E-state index < -0.39 is 17.4 Å². The van der Waals surface area contributed by atoms with Crippen molar-refractivity contribution >= 4 is 17.4 Å². The second kappa shape index (κ2) is 6.78. The van der Waals surface area contributed by atoms with E-state index in [1.807, 2.05) is 0 Å². The zero-order valence-corrected chi connectivity index (χ0v) is 12.0. The number of aromatic nitrogens is 2. The van der Waals surface area contributed by atoms with Crippen molar-refractivity contribution in [1.29, 1.82) is 0 Å². The summed E-state index contributed by atoms with van der Waals surface area (Å²) in [6, 6.07) is 3.71. The monoisotopic (exact) mass is 314 g/mol. The van der Waals surface area contributed by atoms with Crippen molar-refractivity contribution in [2.45, 2.75) is 13.0 Å². The molecule has 1 aromatic carbocycles. The highest BCUT2D eigenvalue weighted by Gasteiger charge is 2.20. The molecule has 4 nitrogen and oxygen atoms in total. The Morgan fingerprint density at radius 2 is 2.19 bits per heavy atom. The topological polar surface area (TPSA) is 44.1 Å². The first-order chi connectivity index (χ1) is 10.0. The van der Waals surface area contributed by atoms with E-state index in [-0.39, 0.29) is 22.7 Å². The van der Waals surface area contributed by atoms with Crippen molar-refractivity contribution in [3.05, 3.63) is 52.3 Å². The molecule has 1 aromatic heterocycles. The van der Waals surface area contributed by atoms with Crippen molar-refractivity contribution in [3.63, 3.8) is 0 Å². The van der Waals surface area contributed by atoms with E-state index in [2.05, 4.69) is 5.10 Å². The molecule has 2 aromatic rings. The third-order valence-corrected chi connectivity index (χ3v) is 3.23. The van der Waals surface area contributed by atoms with E-state index in [1.54, 1.807) is 0 Å². The maximum absolute atomic E-state index is 13.6. The first kappa shape index (κ1) is 15.6. The van der Waals surface area contributed by atoms with Crippen molar-refractivity contribution in [2.75, 3.05) is 13.7 Å². The summed E-state index contributed by atoms with van der Waals surface area (Å²) in [7, 11) is 1.52. The lowest BCUT2D eigenvalue weighted by molar-refractivity contribution is 0.0978. The van der Waals surface area contributed by atoms with Crippen LogP contribution in [0.15, 0.2) is 24.4 Å². The molecule has 0 amide bonds. The minimum absolute atomic E-state index is 0.0180. The zero-order chi connectivity index (χ0) is 15.4. The van der Waals surface area contributed by atoms with Gasteiger partial charge >= 0.3 is 0 Å². The van der Waals surface area contributed by atoms with Crippen LogP contribution in [0.1, 0.15) is 16.1 Å². The number of benzene rings is 1. The third-order valence-electron chi connectivity index (χ3n) is 2.95. The number of ether oxygens (including phenoxy) is 1. The predicted molar refractivity (Wildman–Crippen MR) is 73.5 cm³/mol. The van der Waals surface area contributed by atoms with Crippen molar-refractivity contribution in [1.82, 2.24) is 9.78 Å². The molecule has 0 saturated carbocycles. The van der Waals surface area contributed by atoms with E-state index in [0.29, 0.717) is 13.2 Å². The lowest BCUT2D eigenvalue weighted by atomic mass is 10.1. The van der Waals surface area contributed by atoms with E-state index in [1.165, 1.54) is 30.1 Å². The molecule has 0 aliphatic heterocycles. The van der Waals surface area contributed by atoms with Crippen LogP contribution in [0.25, 0.3) is 0 Å². The number of hydrogen-bond acceptors (Lipinski definition) is 3. The van der Waals surface area contributed by atoms with Gasteiger partial charge in [0.25, 0.3) is 0 Å². The summed E-state index contributed by atoms with van der Waals surface area (Å²) in [4.78, 5) is 12.3. The van der Waals surface area contributed by atoms with Crippen LogP contribution < -0.4 is 0 Å². The summed E-state index contributed by atoms with van der Waals surface area (Å²) in [6.07, 6.45) is 1.05. The largest absolute Gasteiger partial charge is 0.383 e. The molecule has 7 heteroatoms. The average Bonchev–Trinajstić information content (AvgIpc) is 2.82. The molecule has 0 radical (unpaired) electrons. The number of nitrogens with zero attached hydrogens (tertiary/aromatic N) is 2. The van der Waals surface area contributed by atoms with Gasteiger partial charge in [-0.2, -0.15) is 5.10 Å². The molecule has 112 valence electrons. The quantitative estimate of drug-likeness (QED) is 0.770. The summed E-state index contributed by atoms with van der Waals surface area (Å²) >= 11 is 5.94. The van der Waals surface area contributed by atoms with Gasteiger partial charge in [-0.1, -0.05) is 23.7 Å². The number of carbonyl (C=O) groups is 1. The Labute approximate surface area is 125 Å². The van der Waals surface area contributed by atoms with Crippen LogP contribution in [0.4, 0.5) is 8.78 Å². The van der Waals surface area contributed by atoms with Crippen LogP contribution >= 0.6 is 11.6 Å². The maximum atomic E-state index is 13.6. The van der Waals surface area contributed by atoms with E-state index >= 15 is 0 Å². The fraction of sp³-hybridized carbons (Fsp3) is 0.286. The smallest absolute Gasteiger partial charge is 0.186 e. The predicted octanol–water partition coefficient (Wildman–Crippen LogP) is 2.89. The van der Waals surface area contributed by atoms with Gasteiger partial charge in [0.2, 0.25) is 0 Å². The van der Waals surface area contributed by atoms with Gasteiger partial charge in [0.05, 0.1) is 24.4 Å². The summed E-state index contributed by atoms with van der Waals surface area (Å²) in [5.74, 6) is -2.44. The van der Waals surface area contributed by atoms with Gasteiger partial charge < -0.3 is 4.74 Å². The SMILES string of the molecule is COCCn1ncc(Cl)c1C(=O)Cc1cccc(F)c1F. The van der Waals surface area contributed by atoms with Crippen LogP contribution in [0.2, 0.25) is 5.02 Å². The fourth-order valence-electron chi connectivity index (χ4n) is 1.93. The molecule has 0 bridgehead atoms. The number of methoxy groups -OCH3 is 1. The van der Waals surface area contributed by atoms with E-state index in [0.717, 1.165) is 6.07 Å². The Balaban J connectivity index is 2.24. The zero-order valence-electron chi connectivity index (χ0n) is 11.3. The summed E-state index contributed by atoms with van der Waals surface area (Å²) in [5, 5.41) is 4.15. The number of hydrogen-bond donors (Lipinski definition) is 0. The van der Waals surface area contributed by atoms with Crippen molar-refractivity contribution < 1.29 is 18.3 Å². The Hall–Kier alpha value is -1.79. The van der Waals surface area contributed by atoms with Crippen LogP contribution in [0, 0.1) is 11.6 Å². The summed E-state index contributed by atoms with van der Waals surface area (Å²) in [6.45, 7) is 0.697. The molecule has 0 saturated heterocycles. The van der Waals surface area contributed by atoms with Gasteiger partial charge in [0.15, 0.2) is 17.4 Å². The fourth-order valence-corrected chi connectivity index (χ4v) is 2.18. The van der Waals surface area contributed by atoms with Crippen LogP contribution in [-0.2, 0) is 17.7 Å². The molecule has 0 atom stereocenters. The minimum atomic E-state index is -1.02. The Bertz CT molecular complexity index is 658. The number of Topliss-reactive ketones (excluding diaryl/α,β-unsaturated/α-hetero) is 1. The first-order valence-corrected chi connectivity index (χ1v) is 6.58. The Kier molecular flexibility index (Phi) is 5.03. The van der Waals surface area contributed by atoms with E-state index in [9.17, 15) is 13.6 Å². The van der Waals surface area contributed by atoms with Crippen molar-refractivity contribution in [2.24, 2.45) is 0 Å². The molecule has 21 heavy (non-hydrogen) atoms. The number of rotatable bonds is 6. The second-order valence-corrected chi connectivity index (χ2v) is 4.78. The summed E-state index contributed by atoms with van der Waals surface area (Å²) in [5.41, 5.74) is 0.146. The lowest BCUT2D eigenvalue weighted by Gasteiger charge is -2.07. The molecule has 0 unspecified atom stereocenters. The number of halogens is 3. The average molecular weight is 315 g/mol. The Morgan fingerprint density at radius 1 is 1.43 bits per heavy atom. The molecule has 0 fully saturated rings. The second-order valence-electron chi connectivity index (χ2n) is 4.37. The van der Waals surface area contributed by atoms with Crippen LogP contribution in [-0.4, -0.2) is 29.3 Å². The standard InChI is InChI=1S/C14H13ClF2N2O2/c1-21-6-5-19-14(10(15)8-18-19)12(20)7-9-3-2-4-11(16)13(9)17/h2-4,8H,5-7H2,1H3. The van der Waals surface area contributed by atoms with Crippen LogP contribution in [0.3, 0.4) is 0 Å². The van der Waals surface area contributed by atoms with Crippen LogP contribution in [0.5, 0.6) is 0 Å². The highest BCUT2D eigenvalue weighted by Crippen LogP contribution is 2.19. The Morgan fingerprint density at radius 3 is 2.90 bits per heavy atom. The van der Waals surface area contributed by atoms with Crippen molar-refractivity contribution in [3.8, 4) is 0 Å². The highest BCUT2D eigenvalue weighted by atomic mass is 35.5. The molecule has 1 heterocycles. The molecule has 0 aliphatic carbocycles. The first-order valence-electron chi connectivity index (χ1n) is 6.21. The van der Waals surface area contributed by atoms with Gasteiger partial charge in [0.1, 0.15) is 5.69 Å². The number of carbonyl (C=O) groups excluding carboxylic acids is 1. The maximum Gasteiger partial charge on any atom is 0.186 e. The van der Waals surface area contributed by atoms with Gasteiger partial charge in [0, 0.05) is 13.5 Å². The summed E-state index contributed by atoms with van der Waals surface area (Å²) < 4.78 is 33.1. The molecular formula is C14H13ClF2N2O2. The van der Waals surface area contributed by atoms with Gasteiger partial charge in [-0.25, -0.2) is 8.78 Å². The molecule has 2 rings (SSSR count). The highest BCUT2D eigenvalue weighted by molar-refractivity contribution is 6.33. The molecular weight excluding hydrogens is 302 g/mol. The third kappa shape index (κ3) is 3.46. The lowest BCUT2D eigenvalue weighted by Crippen LogP contribution is -2.16. The van der Waals surface area contributed by atoms with Gasteiger partial charge in [-0.15, -0.1) is 0 Å². The molecule has 0 N–H and O–H groups in total.